The van der Waals surface area contributed by atoms with Crippen molar-refractivity contribution < 1.29 is 14.3 Å². The Morgan fingerprint density at radius 3 is 2.35 bits per heavy atom. The lowest BCUT2D eigenvalue weighted by Gasteiger charge is -2.22. The molecule has 1 amide bonds. The normalized spacial score (nSPS) is 10.9. The van der Waals surface area contributed by atoms with Crippen LogP contribution < -0.4 is 14.8 Å². The second kappa shape index (κ2) is 13.0. The van der Waals surface area contributed by atoms with Gasteiger partial charge in [0.25, 0.3) is 5.91 Å². The van der Waals surface area contributed by atoms with Gasteiger partial charge in [0.1, 0.15) is 10.7 Å². The van der Waals surface area contributed by atoms with E-state index in [0.29, 0.717) is 18.8 Å². The van der Waals surface area contributed by atoms with Crippen LogP contribution in [0.25, 0.3) is 0 Å². The van der Waals surface area contributed by atoms with Crippen molar-refractivity contribution in [1.29, 1.82) is 0 Å². The first-order valence-corrected chi connectivity index (χ1v) is 13.2. The summed E-state index contributed by atoms with van der Waals surface area (Å²) < 4.78 is 10.8. The summed E-state index contributed by atoms with van der Waals surface area (Å²) in [6.07, 6.45) is 0.849. The Balaban J connectivity index is 1.43. The van der Waals surface area contributed by atoms with Crippen molar-refractivity contribution in [3.05, 3.63) is 111 Å². The lowest BCUT2D eigenvalue weighted by molar-refractivity contribution is 0.0946. The zero-order valence-electron chi connectivity index (χ0n) is 21.6. The van der Waals surface area contributed by atoms with E-state index >= 15 is 0 Å². The Bertz CT molecular complexity index is 1290. The maximum Gasteiger partial charge on any atom is 0.271 e. The van der Waals surface area contributed by atoms with Gasteiger partial charge in [0, 0.05) is 25.0 Å². The van der Waals surface area contributed by atoms with Crippen LogP contribution >= 0.6 is 11.3 Å². The van der Waals surface area contributed by atoms with E-state index in [4.69, 9.17) is 9.47 Å². The summed E-state index contributed by atoms with van der Waals surface area (Å²) in [5.74, 6) is 1.31. The van der Waals surface area contributed by atoms with E-state index in [1.807, 2.05) is 47.8 Å². The molecule has 0 saturated heterocycles. The Kier molecular flexibility index (Phi) is 9.29. The zero-order chi connectivity index (χ0) is 26.0. The molecule has 0 aliphatic rings. The van der Waals surface area contributed by atoms with Gasteiger partial charge < -0.3 is 14.8 Å². The fraction of sp³-hybridized carbons (Fsp3) is 0.267. The van der Waals surface area contributed by atoms with Crippen LogP contribution in [0, 0.1) is 6.92 Å². The summed E-state index contributed by atoms with van der Waals surface area (Å²) in [6, 6.07) is 24.5. The molecule has 7 heteroatoms. The van der Waals surface area contributed by atoms with Crippen LogP contribution in [0.3, 0.4) is 0 Å². The van der Waals surface area contributed by atoms with E-state index in [-0.39, 0.29) is 5.91 Å². The monoisotopic (exact) mass is 515 g/mol. The summed E-state index contributed by atoms with van der Waals surface area (Å²) in [4.78, 5) is 19.7. The minimum Gasteiger partial charge on any atom is -0.493 e. The van der Waals surface area contributed by atoms with Crippen molar-refractivity contribution >= 4 is 17.2 Å². The maximum absolute atomic E-state index is 12.7. The van der Waals surface area contributed by atoms with Gasteiger partial charge in [-0.15, -0.1) is 11.3 Å². The lowest BCUT2D eigenvalue weighted by atomic mass is 10.1. The summed E-state index contributed by atoms with van der Waals surface area (Å²) in [5.41, 5.74) is 5.19. The van der Waals surface area contributed by atoms with E-state index in [9.17, 15) is 4.79 Å². The van der Waals surface area contributed by atoms with Crippen LogP contribution in [0.5, 0.6) is 11.5 Å². The number of benzene rings is 3. The second-order valence-electron chi connectivity index (χ2n) is 8.93. The highest BCUT2D eigenvalue weighted by atomic mass is 32.1. The number of rotatable bonds is 12. The van der Waals surface area contributed by atoms with Crippen LogP contribution in [0.1, 0.15) is 37.7 Å². The van der Waals surface area contributed by atoms with Gasteiger partial charge in [0.2, 0.25) is 0 Å². The van der Waals surface area contributed by atoms with Crippen molar-refractivity contribution in [2.24, 2.45) is 0 Å². The average Bonchev–Trinajstić information content (AvgIpc) is 3.40. The number of aryl methyl sites for hydroxylation is 1. The van der Waals surface area contributed by atoms with Crippen LogP contribution in [0.2, 0.25) is 0 Å². The molecule has 6 nitrogen and oxygen atoms in total. The molecule has 4 rings (SSSR count). The molecule has 0 aliphatic carbocycles. The van der Waals surface area contributed by atoms with Gasteiger partial charge >= 0.3 is 0 Å². The molecule has 0 bridgehead atoms. The smallest absolute Gasteiger partial charge is 0.271 e. The number of ether oxygens (including phenoxy) is 2. The van der Waals surface area contributed by atoms with Crippen LogP contribution in [-0.2, 0) is 26.1 Å². The third kappa shape index (κ3) is 7.65. The molecule has 0 aliphatic heterocycles. The van der Waals surface area contributed by atoms with Gasteiger partial charge in [-0.3, -0.25) is 9.69 Å². The highest BCUT2D eigenvalue weighted by Gasteiger charge is 2.15. The number of amides is 1. The highest BCUT2D eigenvalue weighted by Crippen LogP contribution is 2.28. The van der Waals surface area contributed by atoms with Gasteiger partial charge in [-0.05, 0) is 42.2 Å². The van der Waals surface area contributed by atoms with E-state index in [1.54, 1.807) is 14.2 Å². The highest BCUT2D eigenvalue weighted by molar-refractivity contribution is 7.09. The number of thiazole rings is 1. The van der Waals surface area contributed by atoms with E-state index < -0.39 is 0 Å². The topological polar surface area (TPSA) is 63.7 Å². The molecule has 0 saturated carbocycles. The van der Waals surface area contributed by atoms with E-state index in [2.05, 4.69) is 52.5 Å². The Morgan fingerprint density at radius 2 is 1.62 bits per heavy atom. The van der Waals surface area contributed by atoms with Gasteiger partial charge in [0.15, 0.2) is 11.5 Å². The Hall–Kier alpha value is -3.68. The first kappa shape index (κ1) is 26.4. The number of carbonyl (C=O) groups excluding carboxylic acids is 1. The number of aromatic nitrogens is 1. The molecule has 192 valence electrons. The molecule has 1 aromatic heterocycles. The molecule has 1 N–H and O–H groups in total. The molecule has 0 radical (unpaired) electrons. The quantitative estimate of drug-likeness (QED) is 0.264. The fourth-order valence-electron chi connectivity index (χ4n) is 4.04. The molecule has 37 heavy (non-hydrogen) atoms. The molecule has 0 unspecified atom stereocenters. The van der Waals surface area contributed by atoms with Crippen molar-refractivity contribution in [1.82, 2.24) is 15.2 Å². The van der Waals surface area contributed by atoms with Gasteiger partial charge in [-0.1, -0.05) is 66.2 Å². The molecule has 1 heterocycles. The molecule has 0 spiro atoms. The van der Waals surface area contributed by atoms with Crippen LogP contribution in [0.4, 0.5) is 0 Å². The Labute approximate surface area is 222 Å². The largest absolute Gasteiger partial charge is 0.493 e. The van der Waals surface area contributed by atoms with Gasteiger partial charge in [-0.25, -0.2) is 4.98 Å². The molecular weight excluding hydrogens is 482 g/mol. The number of carbonyl (C=O) groups is 1. The van der Waals surface area contributed by atoms with Crippen LogP contribution in [0.15, 0.2) is 78.2 Å². The zero-order valence-corrected chi connectivity index (χ0v) is 22.4. The first-order chi connectivity index (χ1) is 18.0. The first-order valence-electron chi connectivity index (χ1n) is 12.3. The molecule has 3 aromatic carbocycles. The second-order valence-corrected chi connectivity index (χ2v) is 9.87. The Morgan fingerprint density at radius 1 is 0.892 bits per heavy atom. The minimum absolute atomic E-state index is 0.151. The third-order valence-electron chi connectivity index (χ3n) is 6.13. The van der Waals surface area contributed by atoms with E-state index in [1.165, 1.54) is 28.0 Å². The number of hydrogen-bond donors (Lipinski definition) is 1. The predicted octanol–water partition coefficient (Wildman–Crippen LogP) is 5.64. The van der Waals surface area contributed by atoms with Gasteiger partial charge in [0.05, 0.1) is 20.8 Å². The SMILES string of the molecule is COc1ccc(CCN(Cc2ccc(C)cc2)Cc2nc(C(=O)NCc3ccccc3)cs2)cc1OC. The maximum atomic E-state index is 12.7. The summed E-state index contributed by atoms with van der Waals surface area (Å²) in [7, 11) is 3.30. The van der Waals surface area contributed by atoms with Crippen LogP contribution in [-0.4, -0.2) is 36.6 Å². The average molecular weight is 516 g/mol. The number of hydrogen-bond acceptors (Lipinski definition) is 6. The van der Waals surface area contributed by atoms with Gasteiger partial charge in [-0.2, -0.15) is 0 Å². The molecule has 0 fully saturated rings. The lowest BCUT2D eigenvalue weighted by Crippen LogP contribution is -2.26. The van der Waals surface area contributed by atoms with Crippen molar-refractivity contribution in [3.63, 3.8) is 0 Å². The standard InChI is InChI=1S/C30H33N3O3S/c1-22-9-11-25(12-10-22)19-33(16-15-23-13-14-27(35-2)28(17-23)36-3)20-29-32-26(21-37-29)30(34)31-18-24-7-5-4-6-8-24/h4-14,17,21H,15-16,18-20H2,1-3H3,(H,31,34). The summed E-state index contributed by atoms with van der Waals surface area (Å²) >= 11 is 1.52. The van der Waals surface area contributed by atoms with Crippen molar-refractivity contribution in [2.75, 3.05) is 20.8 Å². The molecule has 4 aromatic rings. The number of nitrogens with one attached hydrogen (secondary N) is 1. The van der Waals surface area contributed by atoms with Crippen molar-refractivity contribution in [2.45, 2.75) is 33.0 Å². The molecular formula is C30H33N3O3S. The van der Waals surface area contributed by atoms with Crippen molar-refractivity contribution in [3.8, 4) is 11.5 Å². The number of methoxy groups -OCH3 is 2. The summed E-state index contributed by atoms with van der Waals surface area (Å²) in [5, 5.41) is 5.73. The third-order valence-corrected chi connectivity index (χ3v) is 6.96. The van der Waals surface area contributed by atoms with E-state index in [0.717, 1.165) is 41.6 Å². The fourth-order valence-corrected chi connectivity index (χ4v) is 4.85. The predicted molar refractivity (Wildman–Crippen MR) is 148 cm³/mol. The summed E-state index contributed by atoms with van der Waals surface area (Å²) in [6.45, 7) is 4.87. The minimum atomic E-state index is -0.151. The number of nitrogens with zero attached hydrogens (tertiary/aromatic N) is 2. The molecule has 0 atom stereocenters.